The zero-order chi connectivity index (χ0) is 20.7. The molecule has 0 bridgehead atoms. The average Bonchev–Trinajstić information content (AvgIpc) is 2.64. The van der Waals surface area contributed by atoms with Gasteiger partial charge < -0.3 is 10.1 Å². The second kappa shape index (κ2) is 9.59. The number of ether oxygens (including phenoxy) is 1. The Morgan fingerprint density at radius 2 is 1.71 bits per heavy atom. The van der Waals surface area contributed by atoms with Crippen LogP contribution in [0.1, 0.15) is 25.8 Å². The Hall–Kier alpha value is -2.54. The van der Waals surface area contributed by atoms with Crippen molar-refractivity contribution in [2.75, 3.05) is 17.2 Å². The van der Waals surface area contributed by atoms with Gasteiger partial charge in [-0.25, -0.2) is 8.42 Å². The summed E-state index contributed by atoms with van der Waals surface area (Å²) in [4.78, 5) is 12.9. The normalized spacial score (nSPS) is 13.4. The Kier molecular flexibility index (Phi) is 7.45. The van der Waals surface area contributed by atoms with Crippen LogP contribution >= 0.6 is 0 Å². The summed E-state index contributed by atoms with van der Waals surface area (Å²) in [6.45, 7) is 5.86. The molecule has 2 aromatic carbocycles. The quantitative estimate of drug-likeness (QED) is 0.697. The van der Waals surface area contributed by atoms with Crippen molar-refractivity contribution in [1.82, 2.24) is 5.32 Å². The third-order valence-electron chi connectivity index (χ3n) is 4.31. The Morgan fingerprint density at radius 1 is 1.11 bits per heavy atom. The molecule has 0 unspecified atom stereocenters. The van der Waals surface area contributed by atoms with Crippen molar-refractivity contribution in [2.45, 2.75) is 39.3 Å². The monoisotopic (exact) mass is 404 g/mol. The zero-order valence-corrected chi connectivity index (χ0v) is 17.6. The van der Waals surface area contributed by atoms with Crippen LogP contribution in [0.4, 0.5) is 5.69 Å². The maximum Gasteiger partial charge on any atom is 0.244 e. The number of hydrogen-bond acceptors (Lipinski definition) is 4. The molecule has 0 radical (unpaired) electrons. The molecule has 0 aliphatic rings. The van der Waals surface area contributed by atoms with Crippen molar-refractivity contribution < 1.29 is 17.9 Å². The molecule has 1 N–H and O–H groups in total. The molecule has 7 heteroatoms. The van der Waals surface area contributed by atoms with Crippen molar-refractivity contribution in [1.29, 1.82) is 0 Å². The number of nitrogens with one attached hydrogen (secondary N) is 1. The maximum absolute atomic E-state index is 12.9. The van der Waals surface area contributed by atoms with Crippen molar-refractivity contribution in [3.63, 3.8) is 0 Å². The van der Waals surface area contributed by atoms with Gasteiger partial charge in [0.1, 0.15) is 18.4 Å². The molecule has 0 fully saturated rings. The van der Waals surface area contributed by atoms with E-state index in [9.17, 15) is 13.2 Å². The Balaban J connectivity index is 2.09. The number of benzene rings is 2. The van der Waals surface area contributed by atoms with E-state index >= 15 is 0 Å². The van der Waals surface area contributed by atoms with Gasteiger partial charge in [0.2, 0.25) is 15.9 Å². The van der Waals surface area contributed by atoms with E-state index in [0.29, 0.717) is 12.1 Å². The van der Waals surface area contributed by atoms with E-state index in [4.69, 9.17) is 4.74 Å². The average molecular weight is 405 g/mol. The highest BCUT2D eigenvalue weighted by Crippen LogP contribution is 2.22. The predicted octanol–water partition coefficient (Wildman–Crippen LogP) is 3.12. The first-order valence-electron chi connectivity index (χ1n) is 9.27. The first-order chi connectivity index (χ1) is 13.2. The summed E-state index contributed by atoms with van der Waals surface area (Å²) >= 11 is 0. The Bertz CT molecular complexity index is 884. The third kappa shape index (κ3) is 5.73. The van der Waals surface area contributed by atoms with Crippen LogP contribution in [0.15, 0.2) is 54.6 Å². The van der Waals surface area contributed by atoms with Crippen LogP contribution in [0.25, 0.3) is 0 Å². The number of carbonyl (C=O) groups excluding carboxylic acids is 1. The number of carbonyl (C=O) groups is 1. The number of sulfonamides is 1. The summed E-state index contributed by atoms with van der Waals surface area (Å²) in [5, 5.41) is 2.87. The fourth-order valence-electron chi connectivity index (χ4n) is 2.95. The van der Waals surface area contributed by atoms with Crippen LogP contribution in [0.5, 0.6) is 5.75 Å². The molecular weight excluding hydrogens is 376 g/mol. The molecule has 0 heterocycles. The molecule has 0 saturated carbocycles. The van der Waals surface area contributed by atoms with Gasteiger partial charge in [-0.3, -0.25) is 9.10 Å². The fourth-order valence-corrected chi connectivity index (χ4v) is 4.16. The molecule has 2 atom stereocenters. The van der Waals surface area contributed by atoms with E-state index in [1.807, 2.05) is 38.1 Å². The number of amides is 1. The number of anilines is 1. The topological polar surface area (TPSA) is 75.7 Å². The van der Waals surface area contributed by atoms with Crippen molar-refractivity contribution >= 4 is 21.6 Å². The van der Waals surface area contributed by atoms with Crippen LogP contribution in [-0.4, -0.2) is 39.3 Å². The molecule has 6 nitrogen and oxygen atoms in total. The van der Waals surface area contributed by atoms with Crippen LogP contribution in [0, 0.1) is 6.92 Å². The predicted molar refractivity (Wildman–Crippen MR) is 112 cm³/mol. The zero-order valence-electron chi connectivity index (χ0n) is 16.8. The maximum atomic E-state index is 12.9. The number of hydrogen-bond donors (Lipinski definition) is 1. The van der Waals surface area contributed by atoms with E-state index in [-0.39, 0.29) is 18.6 Å². The first-order valence-corrected chi connectivity index (χ1v) is 11.1. The highest BCUT2D eigenvalue weighted by atomic mass is 32.2. The molecule has 152 valence electrons. The lowest BCUT2D eigenvalue weighted by atomic mass is 10.1. The van der Waals surface area contributed by atoms with E-state index in [1.54, 1.807) is 37.3 Å². The lowest BCUT2D eigenvalue weighted by molar-refractivity contribution is -0.123. The van der Waals surface area contributed by atoms with Gasteiger partial charge in [-0.2, -0.15) is 0 Å². The standard InChI is InChI=1S/C21H28N2O4S/c1-5-19(23(28(4,25)26)18-12-7-6-8-13-18)21(24)22-17(3)15-27-20-14-10-9-11-16(20)2/h6-14,17,19H,5,15H2,1-4H3,(H,22,24)/t17-,19-/m1/s1. The van der Waals surface area contributed by atoms with Crippen LogP contribution in [0.2, 0.25) is 0 Å². The summed E-state index contributed by atoms with van der Waals surface area (Å²) in [5.41, 5.74) is 1.48. The second-order valence-electron chi connectivity index (χ2n) is 6.80. The highest BCUT2D eigenvalue weighted by Gasteiger charge is 2.31. The molecule has 0 aliphatic heterocycles. The van der Waals surface area contributed by atoms with Crippen LogP contribution < -0.4 is 14.4 Å². The molecule has 0 spiro atoms. The summed E-state index contributed by atoms with van der Waals surface area (Å²) in [6, 6.07) is 15.2. The largest absolute Gasteiger partial charge is 0.491 e. The number of nitrogens with zero attached hydrogens (tertiary/aromatic N) is 1. The van der Waals surface area contributed by atoms with Gasteiger partial charge in [0.05, 0.1) is 18.0 Å². The van der Waals surface area contributed by atoms with Crippen molar-refractivity contribution in [2.24, 2.45) is 0 Å². The fraction of sp³-hybridized carbons (Fsp3) is 0.381. The van der Waals surface area contributed by atoms with Gasteiger partial charge in [0.15, 0.2) is 0 Å². The van der Waals surface area contributed by atoms with E-state index in [1.165, 1.54) is 4.31 Å². The molecule has 2 aromatic rings. The minimum absolute atomic E-state index is 0.279. The molecule has 0 aliphatic carbocycles. The van der Waals surface area contributed by atoms with Gasteiger partial charge in [-0.15, -0.1) is 0 Å². The number of rotatable bonds is 9. The summed E-state index contributed by atoms with van der Waals surface area (Å²) in [6.07, 6.45) is 1.46. The van der Waals surface area contributed by atoms with E-state index in [0.717, 1.165) is 17.6 Å². The SMILES string of the molecule is CC[C@H](C(=O)N[C@H](C)COc1ccccc1C)N(c1ccccc1)S(C)(=O)=O. The van der Waals surface area contributed by atoms with Crippen LogP contribution in [-0.2, 0) is 14.8 Å². The first kappa shape index (κ1) is 21.8. The lowest BCUT2D eigenvalue weighted by Crippen LogP contribution is -2.52. The minimum Gasteiger partial charge on any atom is -0.491 e. The molecule has 1 amide bonds. The smallest absolute Gasteiger partial charge is 0.244 e. The van der Waals surface area contributed by atoms with Gasteiger partial charge in [0.25, 0.3) is 0 Å². The molecule has 0 aromatic heterocycles. The van der Waals surface area contributed by atoms with E-state index < -0.39 is 16.1 Å². The number of para-hydroxylation sites is 2. The third-order valence-corrected chi connectivity index (χ3v) is 5.49. The van der Waals surface area contributed by atoms with Crippen LogP contribution in [0.3, 0.4) is 0 Å². The minimum atomic E-state index is -3.63. The van der Waals surface area contributed by atoms with Crippen molar-refractivity contribution in [3.8, 4) is 5.75 Å². The second-order valence-corrected chi connectivity index (χ2v) is 8.66. The Labute approximate surface area is 167 Å². The summed E-state index contributed by atoms with van der Waals surface area (Å²) in [5.74, 6) is 0.412. The van der Waals surface area contributed by atoms with Gasteiger partial charge in [-0.1, -0.05) is 43.3 Å². The summed E-state index contributed by atoms with van der Waals surface area (Å²) < 4.78 is 31.7. The molecular formula is C21H28N2O4S. The van der Waals surface area contributed by atoms with Gasteiger partial charge in [-0.05, 0) is 44.0 Å². The Morgan fingerprint density at radius 3 is 2.29 bits per heavy atom. The van der Waals surface area contributed by atoms with Gasteiger partial charge in [0, 0.05) is 0 Å². The van der Waals surface area contributed by atoms with Gasteiger partial charge >= 0.3 is 0 Å². The van der Waals surface area contributed by atoms with E-state index in [2.05, 4.69) is 5.32 Å². The molecule has 2 rings (SSSR count). The molecule has 28 heavy (non-hydrogen) atoms. The summed E-state index contributed by atoms with van der Waals surface area (Å²) in [7, 11) is -3.63. The lowest BCUT2D eigenvalue weighted by Gasteiger charge is -2.31. The molecule has 0 saturated heterocycles. The number of aryl methyl sites for hydroxylation is 1. The van der Waals surface area contributed by atoms with Crippen molar-refractivity contribution in [3.05, 3.63) is 60.2 Å². The highest BCUT2D eigenvalue weighted by molar-refractivity contribution is 7.92.